The van der Waals surface area contributed by atoms with E-state index in [1.54, 1.807) is 18.5 Å². The SMILES string of the molecule is NN(c1ccnc(C2=CNC3=NC=C(F)C[C@@H]23)n1)C1(C(=O)NCCF)CCC1. The van der Waals surface area contributed by atoms with Crippen LogP contribution in [0.3, 0.4) is 0 Å². The first kappa shape index (κ1) is 18.5. The highest BCUT2D eigenvalue weighted by molar-refractivity contribution is 6.01. The summed E-state index contributed by atoms with van der Waals surface area (Å²) in [6.07, 6.45) is 6.61. The zero-order chi connectivity index (χ0) is 19.7. The predicted molar refractivity (Wildman–Crippen MR) is 100 cm³/mol. The van der Waals surface area contributed by atoms with Gasteiger partial charge in [-0.05, 0) is 19.3 Å². The molecule has 148 valence electrons. The molecule has 0 bridgehead atoms. The van der Waals surface area contributed by atoms with Crippen LogP contribution in [0.5, 0.6) is 0 Å². The largest absolute Gasteiger partial charge is 0.351 e. The van der Waals surface area contributed by atoms with E-state index in [9.17, 15) is 13.6 Å². The van der Waals surface area contributed by atoms with E-state index in [0.29, 0.717) is 35.9 Å². The van der Waals surface area contributed by atoms with Crippen molar-refractivity contribution in [1.82, 2.24) is 20.6 Å². The molecule has 4 rings (SSSR count). The fourth-order valence-electron chi connectivity index (χ4n) is 3.70. The molecule has 1 aliphatic carbocycles. The number of hydrazine groups is 1. The molecule has 1 aromatic rings. The van der Waals surface area contributed by atoms with Gasteiger partial charge in [-0.15, -0.1) is 0 Å². The summed E-state index contributed by atoms with van der Waals surface area (Å²) in [7, 11) is 0. The Kier molecular flexibility index (Phi) is 4.80. The summed E-state index contributed by atoms with van der Waals surface area (Å²) in [5.41, 5.74) is -0.239. The van der Waals surface area contributed by atoms with Crippen LogP contribution in [-0.4, -0.2) is 40.5 Å². The van der Waals surface area contributed by atoms with Gasteiger partial charge in [0, 0.05) is 37.0 Å². The summed E-state index contributed by atoms with van der Waals surface area (Å²) in [5, 5.41) is 6.94. The number of halogens is 2. The Labute approximate surface area is 160 Å². The Bertz CT molecular complexity index is 878. The minimum atomic E-state index is -0.949. The molecule has 0 radical (unpaired) electrons. The number of nitrogens with zero attached hydrogens (tertiary/aromatic N) is 4. The second kappa shape index (κ2) is 7.27. The van der Waals surface area contributed by atoms with Gasteiger partial charge in [-0.25, -0.2) is 29.6 Å². The first-order valence-corrected chi connectivity index (χ1v) is 9.16. The highest BCUT2D eigenvalue weighted by Crippen LogP contribution is 2.39. The summed E-state index contributed by atoms with van der Waals surface area (Å²) in [6.45, 7) is -0.688. The third-order valence-corrected chi connectivity index (χ3v) is 5.41. The summed E-state index contributed by atoms with van der Waals surface area (Å²) in [5.74, 6) is 6.81. The number of alkyl halides is 1. The Balaban J connectivity index is 1.58. The van der Waals surface area contributed by atoms with Crippen LogP contribution in [0.15, 0.2) is 35.5 Å². The highest BCUT2D eigenvalue weighted by Gasteiger charge is 2.49. The number of amides is 1. The molecule has 0 spiro atoms. The van der Waals surface area contributed by atoms with Gasteiger partial charge in [-0.2, -0.15) is 0 Å². The van der Waals surface area contributed by atoms with Crippen LogP contribution in [0.2, 0.25) is 0 Å². The summed E-state index contributed by atoms with van der Waals surface area (Å²) in [6, 6.07) is 1.62. The lowest BCUT2D eigenvalue weighted by atomic mass is 9.75. The molecule has 10 heteroatoms. The third-order valence-electron chi connectivity index (χ3n) is 5.41. The number of aromatic nitrogens is 2. The van der Waals surface area contributed by atoms with E-state index >= 15 is 0 Å². The zero-order valence-corrected chi connectivity index (χ0v) is 15.2. The van der Waals surface area contributed by atoms with Crippen LogP contribution in [0, 0.1) is 5.92 Å². The van der Waals surface area contributed by atoms with Crippen molar-refractivity contribution in [3.8, 4) is 0 Å². The normalized spacial score (nSPS) is 22.1. The molecule has 1 aromatic heterocycles. The molecule has 0 unspecified atom stereocenters. The second-order valence-corrected chi connectivity index (χ2v) is 7.03. The molecule has 3 aliphatic rings. The number of allylic oxidation sites excluding steroid dienone is 1. The van der Waals surface area contributed by atoms with Crippen LogP contribution >= 0.6 is 0 Å². The van der Waals surface area contributed by atoms with Crippen molar-refractivity contribution >= 4 is 23.1 Å². The minimum Gasteiger partial charge on any atom is -0.351 e. The molecule has 8 nitrogen and oxygen atoms in total. The first-order chi connectivity index (χ1) is 13.5. The van der Waals surface area contributed by atoms with Gasteiger partial charge >= 0.3 is 0 Å². The van der Waals surface area contributed by atoms with Gasteiger partial charge < -0.3 is 10.6 Å². The van der Waals surface area contributed by atoms with Crippen molar-refractivity contribution in [3.63, 3.8) is 0 Å². The molecule has 1 fully saturated rings. The lowest BCUT2D eigenvalue weighted by molar-refractivity contribution is -0.129. The molecular formula is C18H21F2N7O. The van der Waals surface area contributed by atoms with Gasteiger partial charge in [0.2, 0.25) is 5.91 Å². The van der Waals surface area contributed by atoms with Crippen LogP contribution in [-0.2, 0) is 4.79 Å². The number of nitrogens with one attached hydrogen (secondary N) is 2. The van der Waals surface area contributed by atoms with E-state index in [4.69, 9.17) is 5.84 Å². The number of aliphatic imine (C=N–C) groups is 1. The first-order valence-electron chi connectivity index (χ1n) is 9.16. The van der Waals surface area contributed by atoms with E-state index in [2.05, 4.69) is 25.6 Å². The molecule has 0 saturated heterocycles. The van der Waals surface area contributed by atoms with Gasteiger partial charge in [0.25, 0.3) is 0 Å². The standard InChI is InChI=1S/C18H21F2N7O/c19-5-7-23-17(28)18(3-1-4-18)27(21)14-2-6-22-16(26-14)13-10-25-15-12(13)8-11(20)9-24-15/h2,6,9-10,12H,1,3-5,7-8,21H2,(H,23,28)(H,24,25)/t12-/m0/s1. The summed E-state index contributed by atoms with van der Waals surface area (Å²) >= 11 is 0. The quantitative estimate of drug-likeness (QED) is 0.501. The van der Waals surface area contributed by atoms with Crippen molar-refractivity contribution in [3.05, 3.63) is 36.3 Å². The zero-order valence-electron chi connectivity index (χ0n) is 15.2. The molecule has 1 amide bonds. The molecule has 28 heavy (non-hydrogen) atoms. The molecule has 2 aliphatic heterocycles. The second-order valence-electron chi connectivity index (χ2n) is 7.03. The number of rotatable bonds is 6. The number of hydrogen-bond acceptors (Lipinski definition) is 7. The van der Waals surface area contributed by atoms with E-state index in [1.165, 1.54) is 11.2 Å². The number of anilines is 1. The number of amidine groups is 1. The van der Waals surface area contributed by atoms with Gasteiger partial charge in [-0.3, -0.25) is 9.80 Å². The van der Waals surface area contributed by atoms with Crippen LogP contribution < -0.4 is 21.5 Å². The van der Waals surface area contributed by atoms with Gasteiger partial charge in [-0.1, -0.05) is 0 Å². The number of carbonyl (C=O) groups excluding carboxylic acids is 1. The van der Waals surface area contributed by atoms with Crippen molar-refractivity contribution in [2.24, 2.45) is 16.8 Å². The van der Waals surface area contributed by atoms with Gasteiger partial charge in [0.1, 0.15) is 29.7 Å². The molecule has 3 heterocycles. The number of carbonyl (C=O) groups is 1. The topological polar surface area (TPSA) is 109 Å². The van der Waals surface area contributed by atoms with Gasteiger partial charge in [0.15, 0.2) is 5.82 Å². The molecule has 4 N–H and O–H groups in total. The Morgan fingerprint density at radius 1 is 1.46 bits per heavy atom. The van der Waals surface area contributed by atoms with E-state index < -0.39 is 12.2 Å². The molecule has 1 saturated carbocycles. The average molecular weight is 389 g/mol. The maximum atomic E-state index is 13.7. The number of nitrogens with two attached hydrogens (primary N) is 1. The number of fused-ring (bicyclic) bond motifs is 1. The van der Waals surface area contributed by atoms with Gasteiger partial charge in [0.05, 0.1) is 12.1 Å². The van der Waals surface area contributed by atoms with Crippen molar-refractivity contribution < 1.29 is 13.6 Å². The van der Waals surface area contributed by atoms with Crippen LogP contribution in [0.1, 0.15) is 31.5 Å². The van der Waals surface area contributed by atoms with Crippen LogP contribution in [0.25, 0.3) is 5.57 Å². The Hall–Kier alpha value is -2.88. The van der Waals surface area contributed by atoms with Crippen LogP contribution in [0.4, 0.5) is 14.6 Å². The lowest BCUT2D eigenvalue weighted by Gasteiger charge is -2.46. The maximum absolute atomic E-state index is 13.7. The van der Waals surface area contributed by atoms with E-state index in [0.717, 1.165) is 6.42 Å². The molecule has 0 aromatic carbocycles. The lowest BCUT2D eigenvalue weighted by Crippen LogP contribution is -2.66. The fourth-order valence-corrected chi connectivity index (χ4v) is 3.70. The third kappa shape index (κ3) is 3.03. The number of hydrogen-bond donors (Lipinski definition) is 3. The minimum absolute atomic E-state index is 0.0507. The fraction of sp³-hybridized carbons (Fsp3) is 0.444. The smallest absolute Gasteiger partial charge is 0.247 e. The highest BCUT2D eigenvalue weighted by atomic mass is 19.1. The van der Waals surface area contributed by atoms with E-state index in [1.807, 2.05) is 0 Å². The maximum Gasteiger partial charge on any atom is 0.247 e. The molecule has 1 atom stereocenters. The molecular weight excluding hydrogens is 368 g/mol. The average Bonchev–Trinajstić information content (AvgIpc) is 3.08. The predicted octanol–water partition coefficient (Wildman–Crippen LogP) is 1.34. The van der Waals surface area contributed by atoms with Crippen molar-refractivity contribution in [2.75, 3.05) is 18.2 Å². The Morgan fingerprint density at radius 2 is 2.29 bits per heavy atom. The van der Waals surface area contributed by atoms with Crippen molar-refractivity contribution in [2.45, 2.75) is 31.2 Å². The van der Waals surface area contributed by atoms with Crippen molar-refractivity contribution in [1.29, 1.82) is 0 Å². The summed E-state index contributed by atoms with van der Waals surface area (Å²) < 4.78 is 26.1. The van der Waals surface area contributed by atoms with E-state index in [-0.39, 0.29) is 30.6 Å². The monoisotopic (exact) mass is 389 g/mol. The Morgan fingerprint density at radius 3 is 3.00 bits per heavy atom. The summed E-state index contributed by atoms with van der Waals surface area (Å²) in [4.78, 5) is 25.4.